The lowest BCUT2D eigenvalue weighted by Crippen LogP contribution is -1.97. The van der Waals surface area contributed by atoms with Gasteiger partial charge in [-0.1, -0.05) is 22.9 Å². The van der Waals surface area contributed by atoms with Gasteiger partial charge in [-0.05, 0) is 50.4 Å². The monoisotopic (exact) mass is 263 g/mol. The summed E-state index contributed by atoms with van der Waals surface area (Å²) in [5.41, 5.74) is 5.09. The van der Waals surface area contributed by atoms with Crippen LogP contribution in [0.2, 0.25) is 0 Å². The molecule has 2 aromatic rings. The number of aryl methyl sites for hydroxylation is 4. The molecular formula is C14H14ClNO2. The Morgan fingerprint density at radius 1 is 1.17 bits per heavy atom. The van der Waals surface area contributed by atoms with Gasteiger partial charge in [0, 0.05) is 5.56 Å². The van der Waals surface area contributed by atoms with Crippen molar-refractivity contribution in [3.8, 4) is 11.3 Å². The molecule has 0 N–H and O–H groups in total. The number of carbonyl (C=O) groups is 1. The van der Waals surface area contributed by atoms with Crippen LogP contribution in [-0.2, 0) is 0 Å². The minimum atomic E-state index is -0.539. The van der Waals surface area contributed by atoms with Crippen LogP contribution < -0.4 is 0 Å². The first-order valence-corrected chi connectivity index (χ1v) is 6.04. The number of benzene rings is 1. The number of halogens is 1. The average molecular weight is 264 g/mol. The van der Waals surface area contributed by atoms with Crippen LogP contribution in [0, 0.1) is 27.7 Å². The van der Waals surface area contributed by atoms with Gasteiger partial charge in [0.2, 0.25) is 0 Å². The Hall–Kier alpha value is -1.61. The molecule has 2 rings (SSSR count). The van der Waals surface area contributed by atoms with Crippen molar-refractivity contribution in [3.05, 3.63) is 40.1 Å². The van der Waals surface area contributed by atoms with Gasteiger partial charge in [0.25, 0.3) is 5.24 Å². The number of hydrogen-bond acceptors (Lipinski definition) is 3. The third-order valence-corrected chi connectivity index (χ3v) is 3.16. The van der Waals surface area contributed by atoms with E-state index in [-0.39, 0.29) is 0 Å². The first kappa shape index (κ1) is 12.8. The number of carbonyl (C=O) groups excluding carboxylic acids is 1. The lowest BCUT2D eigenvalue weighted by Gasteiger charge is -2.09. The van der Waals surface area contributed by atoms with Crippen LogP contribution in [0.4, 0.5) is 0 Å². The molecule has 0 unspecified atom stereocenters. The van der Waals surface area contributed by atoms with E-state index in [0.29, 0.717) is 17.0 Å². The largest absolute Gasteiger partial charge is 0.360 e. The Kier molecular flexibility index (Phi) is 3.26. The maximum atomic E-state index is 11.5. The van der Waals surface area contributed by atoms with Gasteiger partial charge in [0.05, 0.1) is 0 Å². The predicted molar refractivity (Wildman–Crippen MR) is 71.1 cm³/mol. The number of aromatic nitrogens is 1. The van der Waals surface area contributed by atoms with Crippen LogP contribution in [-0.4, -0.2) is 10.4 Å². The third-order valence-electron chi connectivity index (χ3n) is 2.97. The number of rotatable bonds is 2. The first-order valence-electron chi connectivity index (χ1n) is 5.66. The smallest absolute Gasteiger partial charge is 0.258 e. The molecule has 0 atom stereocenters. The van der Waals surface area contributed by atoms with E-state index in [4.69, 9.17) is 16.1 Å². The molecule has 1 aromatic heterocycles. The van der Waals surface area contributed by atoms with Gasteiger partial charge in [0.1, 0.15) is 17.0 Å². The van der Waals surface area contributed by atoms with Gasteiger partial charge >= 0.3 is 0 Å². The van der Waals surface area contributed by atoms with Crippen LogP contribution in [0.5, 0.6) is 0 Å². The summed E-state index contributed by atoms with van der Waals surface area (Å²) in [5, 5.41) is 3.44. The lowest BCUT2D eigenvalue weighted by molar-refractivity contribution is 0.108. The Morgan fingerprint density at radius 3 is 2.22 bits per heavy atom. The highest BCUT2D eigenvalue weighted by Crippen LogP contribution is 2.32. The topological polar surface area (TPSA) is 43.1 Å². The summed E-state index contributed by atoms with van der Waals surface area (Å²) in [5.74, 6) is 0.448. The van der Waals surface area contributed by atoms with Gasteiger partial charge in [-0.25, -0.2) is 0 Å². The molecule has 0 bridgehead atoms. The van der Waals surface area contributed by atoms with E-state index in [1.807, 2.05) is 20.8 Å². The van der Waals surface area contributed by atoms with E-state index >= 15 is 0 Å². The molecule has 4 heteroatoms. The molecule has 0 radical (unpaired) electrons. The van der Waals surface area contributed by atoms with Gasteiger partial charge in [0.15, 0.2) is 0 Å². The average Bonchev–Trinajstić information content (AvgIpc) is 2.58. The van der Waals surface area contributed by atoms with Gasteiger partial charge in [-0.15, -0.1) is 0 Å². The van der Waals surface area contributed by atoms with Crippen molar-refractivity contribution in [1.82, 2.24) is 5.16 Å². The van der Waals surface area contributed by atoms with Crippen molar-refractivity contribution < 1.29 is 9.32 Å². The van der Waals surface area contributed by atoms with Crippen LogP contribution in [0.1, 0.15) is 32.8 Å². The Morgan fingerprint density at radius 2 is 1.72 bits per heavy atom. The van der Waals surface area contributed by atoms with Crippen LogP contribution in [0.15, 0.2) is 16.7 Å². The molecule has 1 aromatic carbocycles. The highest BCUT2D eigenvalue weighted by molar-refractivity contribution is 6.68. The summed E-state index contributed by atoms with van der Waals surface area (Å²) in [6, 6.07) is 4.10. The minimum absolute atomic E-state index is 0.353. The fourth-order valence-corrected chi connectivity index (χ4v) is 2.55. The molecule has 0 fully saturated rings. The maximum absolute atomic E-state index is 11.5. The molecule has 0 amide bonds. The normalized spacial score (nSPS) is 10.7. The molecule has 0 aliphatic heterocycles. The highest BCUT2D eigenvalue weighted by Gasteiger charge is 2.22. The molecule has 3 nitrogen and oxygen atoms in total. The van der Waals surface area contributed by atoms with Crippen molar-refractivity contribution in [2.24, 2.45) is 0 Å². The third kappa shape index (κ3) is 2.06. The van der Waals surface area contributed by atoms with Crippen LogP contribution in [0.25, 0.3) is 11.3 Å². The van der Waals surface area contributed by atoms with Crippen molar-refractivity contribution in [3.63, 3.8) is 0 Å². The molecule has 1 heterocycles. The second-order valence-electron chi connectivity index (χ2n) is 4.51. The van der Waals surface area contributed by atoms with Crippen LogP contribution >= 0.6 is 11.6 Å². The number of nitrogens with zero attached hydrogens (tertiary/aromatic N) is 1. The highest BCUT2D eigenvalue weighted by atomic mass is 35.5. The Labute approximate surface area is 111 Å². The van der Waals surface area contributed by atoms with Crippen molar-refractivity contribution >= 4 is 16.8 Å². The van der Waals surface area contributed by atoms with E-state index in [0.717, 1.165) is 16.7 Å². The summed E-state index contributed by atoms with van der Waals surface area (Å²) in [6.07, 6.45) is 0. The summed E-state index contributed by atoms with van der Waals surface area (Å²) in [7, 11) is 0. The Balaban J connectivity index is 2.74. The molecule has 0 spiro atoms. The summed E-state index contributed by atoms with van der Waals surface area (Å²) < 4.78 is 5.10. The quantitative estimate of drug-likeness (QED) is 0.771. The fourth-order valence-electron chi connectivity index (χ4n) is 2.33. The first-order chi connectivity index (χ1) is 8.41. The second-order valence-corrected chi connectivity index (χ2v) is 4.85. The van der Waals surface area contributed by atoms with E-state index in [1.54, 1.807) is 6.92 Å². The fraction of sp³-hybridized carbons (Fsp3) is 0.286. The number of hydrogen-bond donors (Lipinski definition) is 0. The zero-order chi connectivity index (χ0) is 13.4. The van der Waals surface area contributed by atoms with Gasteiger partial charge in [-0.3, -0.25) is 4.79 Å². The van der Waals surface area contributed by atoms with Gasteiger partial charge < -0.3 is 4.52 Å². The van der Waals surface area contributed by atoms with Crippen LogP contribution in [0.3, 0.4) is 0 Å². The minimum Gasteiger partial charge on any atom is -0.360 e. The molecule has 18 heavy (non-hydrogen) atoms. The summed E-state index contributed by atoms with van der Waals surface area (Å²) in [6.45, 7) is 7.69. The Bertz CT molecular complexity index is 606. The maximum Gasteiger partial charge on any atom is 0.258 e. The van der Waals surface area contributed by atoms with Crippen molar-refractivity contribution in [2.45, 2.75) is 27.7 Å². The van der Waals surface area contributed by atoms with Crippen molar-refractivity contribution in [2.75, 3.05) is 0 Å². The van der Waals surface area contributed by atoms with E-state index in [1.165, 1.54) is 5.56 Å². The zero-order valence-corrected chi connectivity index (χ0v) is 11.6. The zero-order valence-electron chi connectivity index (χ0n) is 10.8. The molecule has 0 aliphatic carbocycles. The van der Waals surface area contributed by atoms with E-state index in [2.05, 4.69) is 17.3 Å². The molecule has 0 saturated heterocycles. The lowest BCUT2D eigenvalue weighted by atomic mass is 9.95. The summed E-state index contributed by atoms with van der Waals surface area (Å²) in [4.78, 5) is 11.5. The predicted octanol–water partition coefficient (Wildman–Crippen LogP) is 3.95. The van der Waals surface area contributed by atoms with E-state index in [9.17, 15) is 4.79 Å². The second kappa shape index (κ2) is 4.58. The van der Waals surface area contributed by atoms with E-state index < -0.39 is 5.24 Å². The summed E-state index contributed by atoms with van der Waals surface area (Å²) >= 11 is 5.60. The molecule has 0 aliphatic rings. The van der Waals surface area contributed by atoms with Gasteiger partial charge in [-0.2, -0.15) is 0 Å². The van der Waals surface area contributed by atoms with Crippen molar-refractivity contribution in [1.29, 1.82) is 0 Å². The SMILES string of the molecule is Cc1cc(C)c(-c2noc(C)c2C(=O)Cl)c(C)c1. The molecule has 0 saturated carbocycles. The standard InChI is InChI=1S/C14H14ClNO2/c1-7-5-8(2)11(9(3)6-7)13-12(14(15)17)10(4)18-16-13/h5-6H,1-4H3. The molecule has 94 valence electrons. The molecular weight excluding hydrogens is 250 g/mol.